The molecule has 0 aliphatic carbocycles. The molecular formula is C13H16ClNO3. The number of nitrogens with zero attached hydrogens (tertiary/aromatic N) is 1. The zero-order chi connectivity index (χ0) is 13.1. The lowest BCUT2D eigenvalue weighted by Gasteiger charge is -2.36. The van der Waals surface area contributed by atoms with E-state index >= 15 is 0 Å². The van der Waals surface area contributed by atoms with E-state index < -0.39 is 6.09 Å². The van der Waals surface area contributed by atoms with Crippen LogP contribution in [-0.4, -0.2) is 40.9 Å². The monoisotopic (exact) mass is 269 g/mol. The molecule has 0 aromatic heterocycles. The maximum atomic E-state index is 10.9. The van der Waals surface area contributed by atoms with E-state index in [1.165, 1.54) is 4.90 Å². The molecule has 4 nitrogen and oxygen atoms in total. The van der Waals surface area contributed by atoms with Gasteiger partial charge in [-0.1, -0.05) is 23.7 Å². The van der Waals surface area contributed by atoms with Crippen molar-refractivity contribution < 1.29 is 15.0 Å². The average Bonchev–Trinajstić information content (AvgIpc) is 2.39. The minimum absolute atomic E-state index is 0.00290. The normalized spacial score (nSPS) is 24.0. The Labute approximate surface area is 111 Å². The fraction of sp³-hybridized carbons (Fsp3) is 0.462. The van der Waals surface area contributed by atoms with Crippen molar-refractivity contribution in [3.8, 4) is 0 Å². The molecule has 2 atom stereocenters. The molecule has 1 amide bonds. The Kier molecular flexibility index (Phi) is 4.09. The minimum atomic E-state index is -0.914. The van der Waals surface area contributed by atoms with Crippen LogP contribution >= 0.6 is 11.6 Å². The molecule has 1 saturated heterocycles. The molecule has 1 aliphatic heterocycles. The van der Waals surface area contributed by atoms with E-state index in [0.29, 0.717) is 18.1 Å². The molecule has 1 aliphatic rings. The fourth-order valence-corrected chi connectivity index (χ4v) is 2.67. The first-order chi connectivity index (χ1) is 8.61. The molecule has 98 valence electrons. The highest BCUT2D eigenvalue weighted by Gasteiger charge is 2.31. The number of hydrogen-bond donors (Lipinski definition) is 2. The lowest BCUT2D eigenvalue weighted by Crippen LogP contribution is -2.43. The van der Waals surface area contributed by atoms with E-state index in [1.807, 2.05) is 24.3 Å². The zero-order valence-electron chi connectivity index (χ0n) is 9.92. The van der Waals surface area contributed by atoms with Crippen molar-refractivity contribution >= 4 is 17.7 Å². The smallest absolute Gasteiger partial charge is 0.407 e. The number of carboxylic acid groups (broad SMARTS) is 1. The van der Waals surface area contributed by atoms with Gasteiger partial charge in [-0.15, -0.1) is 0 Å². The molecule has 0 unspecified atom stereocenters. The van der Waals surface area contributed by atoms with E-state index in [1.54, 1.807) is 0 Å². The molecular weight excluding hydrogens is 254 g/mol. The molecule has 1 aromatic rings. The molecule has 0 radical (unpaired) electrons. The van der Waals surface area contributed by atoms with Crippen molar-refractivity contribution in [3.05, 3.63) is 34.9 Å². The third kappa shape index (κ3) is 2.76. The van der Waals surface area contributed by atoms with Gasteiger partial charge in [0.25, 0.3) is 0 Å². The summed E-state index contributed by atoms with van der Waals surface area (Å²) in [7, 11) is 0. The fourth-order valence-electron chi connectivity index (χ4n) is 2.54. The molecule has 5 heteroatoms. The quantitative estimate of drug-likeness (QED) is 0.867. The van der Waals surface area contributed by atoms with Gasteiger partial charge >= 0.3 is 6.09 Å². The number of rotatable bonds is 2. The zero-order valence-corrected chi connectivity index (χ0v) is 10.7. The summed E-state index contributed by atoms with van der Waals surface area (Å²) >= 11 is 5.85. The average molecular weight is 270 g/mol. The number of likely N-dealkylation sites (tertiary alicyclic amines) is 1. The van der Waals surface area contributed by atoms with Crippen LogP contribution in [0.3, 0.4) is 0 Å². The van der Waals surface area contributed by atoms with Gasteiger partial charge in [0.1, 0.15) is 0 Å². The van der Waals surface area contributed by atoms with E-state index in [-0.39, 0.29) is 18.4 Å². The summed E-state index contributed by atoms with van der Waals surface area (Å²) in [6.07, 6.45) is -0.179. The van der Waals surface area contributed by atoms with Gasteiger partial charge in [0.2, 0.25) is 0 Å². The number of aliphatic hydroxyl groups is 1. The summed E-state index contributed by atoms with van der Waals surface area (Å²) in [6, 6.07) is 7.56. The van der Waals surface area contributed by atoms with Crippen LogP contribution in [0, 0.1) is 5.92 Å². The molecule has 0 bridgehead atoms. The molecule has 1 aromatic carbocycles. The largest absolute Gasteiger partial charge is 0.465 e. The number of hydrogen-bond acceptors (Lipinski definition) is 2. The summed E-state index contributed by atoms with van der Waals surface area (Å²) in [5.41, 5.74) is 1.11. The van der Waals surface area contributed by atoms with Gasteiger partial charge in [-0.25, -0.2) is 4.79 Å². The summed E-state index contributed by atoms with van der Waals surface area (Å²) < 4.78 is 0. The maximum absolute atomic E-state index is 10.9. The first-order valence-electron chi connectivity index (χ1n) is 5.96. The Morgan fingerprint density at radius 3 is 2.61 bits per heavy atom. The first-order valence-corrected chi connectivity index (χ1v) is 6.34. The molecule has 0 saturated carbocycles. The third-order valence-corrected chi connectivity index (χ3v) is 3.79. The molecule has 2 rings (SSSR count). The van der Waals surface area contributed by atoms with Crippen LogP contribution in [0.25, 0.3) is 0 Å². The standard InChI is InChI=1S/C13H16ClNO3/c14-11-3-1-9(2-4-11)12-5-6-15(13(17)18)7-10(12)8-16/h1-4,10,12,16H,5-8H2,(H,17,18)/t10-,12-/m0/s1. The summed E-state index contributed by atoms with van der Waals surface area (Å²) in [5, 5.41) is 19.1. The van der Waals surface area contributed by atoms with Gasteiger partial charge < -0.3 is 15.1 Å². The van der Waals surface area contributed by atoms with Crippen LogP contribution in [0.4, 0.5) is 4.79 Å². The number of amides is 1. The van der Waals surface area contributed by atoms with Gasteiger partial charge in [-0.3, -0.25) is 0 Å². The number of aliphatic hydroxyl groups excluding tert-OH is 1. The van der Waals surface area contributed by atoms with Crippen LogP contribution in [-0.2, 0) is 0 Å². The summed E-state index contributed by atoms with van der Waals surface area (Å²) in [6.45, 7) is 0.898. The second kappa shape index (κ2) is 5.59. The second-order valence-electron chi connectivity index (χ2n) is 4.62. The Morgan fingerprint density at radius 1 is 1.39 bits per heavy atom. The molecule has 1 heterocycles. The lowest BCUT2D eigenvalue weighted by molar-refractivity contribution is 0.0886. The van der Waals surface area contributed by atoms with Crippen molar-refractivity contribution in [1.82, 2.24) is 4.90 Å². The highest BCUT2D eigenvalue weighted by molar-refractivity contribution is 6.30. The highest BCUT2D eigenvalue weighted by Crippen LogP contribution is 2.33. The topological polar surface area (TPSA) is 60.8 Å². The van der Waals surface area contributed by atoms with Gasteiger partial charge in [-0.2, -0.15) is 0 Å². The predicted molar refractivity (Wildman–Crippen MR) is 69.0 cm³/mol. The SMILES string of the molecule is O=C(O)N1CC[C@@H](c2ccc(Cl)cc2)[C@H](CO)C1. The molecule has 18 heavy (non-hydrogen) atoms. The minimum Gasteiger partial charge on any atom is -0.465 e. The van der Waals surface area contributed by atoms with E-state index in [9.17, 15) is 9.90 Å². The van der Waals surface area contributed by atoms with Crippen molar-refractivity contribution in [2.75, 3.05) is 19.7 Å². The van der Waals surface area contributed by atoms with Gasteiger partial charge in [0.15, 0.2) is 0 Å². The number of piperidine rings is 1. The Hall–Kier alpha value is -1.26. The van der Waals surface area contributed by atoms with E-state index in [0.717, 1.165) is 12.0 Å². The molecule has 1 fully saturated rings. The van der Waals surface area contributed by atoms with Crippen molar-refractivity contribution in [2.45, 2.75) is 12.3 Å². The number of carbonyl (C=O) groups is 1. The molecule has 2 N–H and O–H groups in total. The maximum Gasteiger partial charge on any atom is 0.407 e. The van der Waals surface area contributed by atoms with Gasteiger partial charge in [0.05, 0.1) is 0 Å². The lowest BCUT2D eigenvalue weighted by atomic mass is 9.81. The third-order valence-electron chi connectivity index (χ3n) is 3.54. The molecule has 0 spiro atoms. The first kappa shape index (κ1) is 13.2. The van der Waals surface area contributed by atoms with E-state index in [2.05, 4.69) is 0 Å². The van der Waals surface area contributed by atoms with Crippen molar-refractivity contribution in [2.24, 2.45) is 5.92 Å². The van der Waals surface area contributed by atoms with Crippen LogP contribution in [0.15, 0.2) is 24.3 Å². The van der Waals surface area contributed by atoms with Gasteiger partial charge in [-0.05, 0) is 30.0 Å². The summed E-state index contributed by atoms with van der Waals surface area (Å²) in [5.74, 6) is 0.152. The second-order valence-corrected chi connectivity index (χ2v) is 5.05. The van der Waals surface area contributed by atoms with Crippen LogP contribution in [0.2, 0.25) is 5.02 Å². The number of benzene rings is 1. The van der Waals surface area contributed by atoms with Crippen LogP contribution < -0.4 is 0 Å². The highest BCUT2D eigenvalue weighted by atomic mass is 35.5. The Balaban J connectivity index is 2.14. The number of halogens is 1. The Morgan fingerprint density at radius 2 is 2.06 bits per heavy atom. The predicted octanol–water partition coefficient (Wildman–Crippen LogP) is 2.42. The van der Waals surface area contributed by atoms with Crippen molar-refractivity contribution in [1.29, 1.82) is 0 Å². The van der Waals surface area contributed by atoms with Crippen LogP contribution in [0.1, 0.15) is 17.9 Å². The van der Waals surface area contributed by atoms with E-state index in [4.69, 9.17) is 16.7 Å². The Bertz CT molecular complexity index is 421. The summed E-state index contributed by atoms with van der Waals surface area (Å²) in [4.78, 5) is 12.3. The van der Waals surface area contributed by atoms with Crippen LogP contribution in [0.5, 0.6) is 0 Å². The van der Waals surface area contributed by atoms with Crippen molar-refractivity contribution in [3.63, 3.8) is 0 Å². The van der Waals surface area contributed by atoms with Gasteiger partial charge in [0, 0.05) is 30.6 Å².